The molecule has 1 N–H and O–H groups in total. The van der Waals surface area contributed by atoms with E-state index in [-0.39, 0.29) is 5.91 Å². The number of benzene rings is 1. The van der Waals surface area contributed by atoms with Crippen molar-refractivity contribution in [2.75, 3.05) is 6.54 Å². The molecule has 5 nitrogen and oxygen atoms in total. The number of nitrogens with zero attached hydrogens (tertiary/aromatic N) is 3. The van der Waals surface area contributed by atoms with Gasteiger partial charge in [0.1, 0.15) is 6.33 Å². The summed E-state index contributed by atoms with van der Waals surface area (Å²) in [6.07, 6.45) is 4.71. The highest BCUT2D eigenvalue weighted by Gasteiger charge is 2.06. The van der Waals surface area contributed by atoms with Crippen LogP contribution in [0.2, 0.25) is 0 Å². The number of carbonyl (C=O) groups is 1. The van der Waals surface area contributed by atoms with Gasteiger partial charge in [0.15, 0.2) is 0 Å². The van der Waals surface area contributed by atoms with E-state index in [4.69, 9.17) is 0 Å². The van der Waals surface area contributed by atoms with Crippen LogP contribution < -0.4 is 5.32 Å². The number of hydrogen-bond donors (Lipinski definition) is 1. The Kier molecular flexibility index (Phi) is 5.25. The van der Waals surface area contributed by atoms with E-state index >= 15 is 0 Å². The van der Waals surface area contributed by atoms with E-state index in [1.165, 1.54) is 16.7 Å². The monoisotopic (exact) mass is 342 g/mol. The average Bonchev–Trinajstić information content (AvgIpc) is 3.15. The molecule has 3 rings (SSSR count). The molecule has 0 atom stereocenters. The highest BCUT2D eigenvalue weighted by molar-refractivity contribution is 7.15. The van der Waals surface area contributed by atoms with Crippen molar-refractivity contribution in [3.63, 3.8) is 0 Å². The molecule has 0 saturated carbocycles. The predicted octanol–water partition coefficient (Wildman–Crippen LogP) is 3.09. The van der Waals surface area contributed by atoms with Gasteiger partial charge in [-0.05, 0) is 43.4 Å². The highest BCUT2D eigenvalue weighted by atomic mass is 32.1. The minimum atomic E-state index is 0.115. The standard InChI is InChI=1S/C18H22N4OS/c1-13-6-7-15(10-14(13)2)4-3-5-17(23)19-9-8-16-11-24-18-20-12-21-22(16)18/h6-7,10-12H,3-5,8-9H2,1-2H3,(H,19,23). The molecule has 0 aliphatic carbocycles. The molecule has 2 aromatic heterocycles. The van der Waals surface area contributed by atoms with Gasteiger partial charge >= 0.3 is 0 Å². The Balaban J connectivity index is 1.38. The lowest BCUT2D eigenvalue weighted by molar-refractivity contribution is -0.121. The fraction of sp³-hybridized carbons (Fsp3) is 0.389. The molecule has 126 valence electrons. The van der Waals surface area contributed by atoms with Crippen LogP contribution >= 0.6 is 11.3 Å². The largest absolute Gasteiger partial charge is 0.356 e. The maximum absolute atomic E-state index is 12.0. The summed E-state index contributed by atoms with van der Waals surface area (Å²) in [6, 6.07) is 6.52. The minimum Gasteiger partial charge on any atom is -0.356 e. The number of carbonyl (C=O) groups excluding carboxylic acids is 1. The predicted molar refractivity (Wildman–Crippen MR) is 96.4 cm³/mol. The Morgan fingerprint density at radius 2 is 2.12 bits per heavy atom. The van der Waals surface area contributed by atoms with Gasteiger partial charge in [-0.15, -0.1) is 11.3 Å². The molecule has 0 saturated heterocycles. The summed E-state index contributed by atoms with van der Waals surface area (Å²) in [7, 11) is 0. The second-order valence-electron chi connectivity index (χ2n) is 6.05. The normalized spacial score (nSPS) is 11.1. The van der Waals surface area contributed by atoms with E-state index in [9.17, 15) is 4.79 Å². The van der Waals surface area contributed by atoms with Crippen molar-refractivity contribution >= 4 is 22.2 Å². The van der Waals surface area contributed by atoms with Crippen LogP contribution in [0.4, 0.5) is 0 Å². The number of rotatable bonds is 7. The zero-order valence-electron chi connectivity index (χ0n) is 14.1. The zero-order valence-corrected chi connectivity index (χ0v) is 14.9. The Bertz CT molecular complexity index is 837. The number of hydrogen-bond acceptors (Lipinski definition) is 4. The van der Waals surface area contributed by atoms with Crippen LogP contribution in [0.25, 0.3) is 4.96 Å². The van der Waals surface area contributed by atoms with Crippen LogP contribution in [0.5, 0.6) is 0 Å². The van der Waals surface area contributed by atoms with Crippen LogP contribution in [-0.2, 0) is 17.6 Å². The summed E-state index contributed by atoms with van der Waals surface area (Å²) in [5, 5.41) is 9.21. The smallest absolute Gasteiger partial charge is 0.220 e. The third kappa shape index (κ3) is 4.00. The highest BCUT2D eigenvalue weighted by Crippen LogP contribution is 2.13. The molecular formula is C18H22N4OS. The molecular weight excluding hydrogens is 320 g/mol. The quantitative estimate of drug-likeness (QED) is 0.718. The molecule has 6 heteroatoms. The van der Waals surface area contributed by atoms with Gasteiger partial charge in [0, 0.05) is 24.8 Å². The van der Waals surface area contributed by atoms with E-state index in [2.05, 4.69) is 47.4 Å². The van der Waals surface area contributed by atoms with Crippen molar-refractivity contribution in [2.24, 2.45) is 0 Å². The van der Waals surface area contributed by atoms with E-state index in [0.717, 1.165) is 29.9 Å². The molecule has 0 aliphatic rings. The first-order chi connectivity index (χ1) is 11.6. The SMILES string of the molecule is Cc1ccc(CCCC(=O)NCCc2csc3ncnn23)cc1C. The Morgan fingerprint density at radius 3 is 2.96 bits per heavy atom. The van der Waals surface area contributed by atoms with Crippen molar-refractivity contribution in [1.29, 1.82) is 0 Å². The number of fused-ring (bicyclic) bond motifs is 1. The topological polar surface area (TPSA) is 59.3 Å². The van der Waals surface area contributed by atoms with E-state index in [1.807, 2.05) is 9.90 Å². The van der Waals surface area contributed by atoms with Crippen molar-refractivity contribution in [2.45, 2.75) is 39.5 Å². The molecule has 0 spiro atoms. The average molecular weight is 342 g/mol. The van der Waals surface area contributed by atoms with Gasteiger partial charge in [0.25, 0.3) is 0 Å². The summed E-state index contributed by atoms with van der Waals surface area (Å²) >= 11 is 1.57. The van der Waals surface area contributed by atoms with Crippen LogP contribution in [0.15, 0.2) is 29.9 Å². The molecule has 0 unspecified atom stereocenters. The van der Waals surface area contributed by atoms with E-state index in [1.54, 1.807) is 17.7 Å². The fourth-order valence-corrected chi connectivity index (χ4v) is 3.51. The van der Waals surface area contributed by atoms with Gasteiger partial charge < -0.3 is 5.32 Å². The number of thiazole rings is 1. The van der Waals surface area contributed by atoms with Gasteiger partial charge in [-0.25, -0.2) is 9.50 Å². The van der Waals surface area contributed by atoms with E-state index in [0.29, 0.717) is 13.0 Å². The maximum Gasteiger partial charge on any atom is 0.220 e. The molecule has 0 fully saturated rings. The number of aryl methyl sites for hydroxylation is 3. The molecule has 0 radical (unpaired) electrons. The third-order valence-electron chi connectivity index (χ3n) is 4.23. The molecule has 3 aromatic rings. The lowest BCUT2D eigenvalue weighted by Crippen LogP contribution is -2.25. The van der Waals surface area contributed by atoms with Gasteiger partial charge in [-0.1, -0.05) is 18.2 Å². The Labute approximate surface area is 145 Å². The Morgan fingerprint density at radius 1 is 1.25 bits per heavy atom. The van der Waals surface area contributed by atoms with Gasteiger partial charge in [-0.3, -0.25) is 4.79 Å². The summed E-state index contributed by atoms with van der Waals surface area (Å²) in [5.41, 5.74) is 5.01. The van der Waals surface area contributed by atoms with Crippen LogP contribution in [0.3, 0.4) is 0 Å². The zero-order chi connectivity index (χ0) is 16.9. The fourth-order valence-electron chi connectivity index (χ4n) is 2.67. The lowest BCUT2D eigenvalue weighted by atomic mass is 10.0. The van der Waals surface area contributed by atoms with Crippen molar-refractivity contribution < 1.29 is 4.79 Å². The molecule has 1 amide bonds. The van der Waals surface area contributed by atoms with Crippen molar-refractivity contribution in [3.05, 3.63) is 52.3 Å². The minimum absolute atomic E-state index is 0.115. The number of amides is 1. The summed E-state index contributed by atoms with van der Waals surface area (Å²) in [4.78, 5) is 17.0. The van der Waals surface area contributed by atoms with Crippen LogP contribution in [0, 0.1) is 13.8 Å². The third-order valence-corrected chi connectivity index (χ3v) is 5.11. The van der Waals surface area contributed by atoms with E-state index < -0.39 is 0 Å². The molecule has 0 bridgehead atoms. The first-order valence-electron chi connectivity index (χ1n) is 8.22. The van der Waals surface area contributed by atoms with Gasteiger partial charge in [0.2, 0.25) is 10.9 Å². The summed E-state index contributed by atoms with van der Waals surface area (Å²) in [6.45, 7) is 4.88. The first-order valence-corrected chi connectivity index (χ1v) is 9.10. The second kappa shape index (κ2) is 7.57. The molecule has 0 aliphatic heterocycles. The van der Waals surface area contributed by atoms with Gasteiger partial charge in [0.05, 0.1) is 5.69 Å². The lowest BCUT2D eigenvalue weighted by Gasteiger charge is -2.06. The maximum atomic E-state index is 12.0. The summed E-state index contributed by atoms with van der Waals surface area (Å²) < 4.78 is 1.83. The summed E-state index contributed by atoms with van der Waals surface area (Å²) in [5.74, 6) is 0.115. The second-order valence-corrected chi connectivity index (χ2v) is 6.89. The number of aromatic nitrogens is 3. The van der Waals surface area contributed by atoms with Crippen LogP contribution in [-0.4, -0.2) is 27.0 Å². The Hall–Kier alpha value is -2.21. The number of nitrogens with one attached hydrogen (secondary N) is 1. The first kappa shape index (κ1) is 16.6. The molecule has 2 heterocycles. The van der Waals surface area contributed by atoms with Crippen molar-refractivity contribution in [3.8, 4) is 0 Å². The van der Waals surface area contributed by atoms with Crippen LogP contribution in [0.1, 0.15) is 35.2 Å². The van der Waals surface area contributed by atoms with Gasteiger partial charge in [-0.2, -0.15) is 5.10 Å². The molecule has 1 aromatic carbocycles. The van der Waals surface area contributed by atoms with Crippen molar-refractivity contribution in [1.82, 2.24) is 19.9 Å². The molecule has 24 heavy (non-hydrogen) atoms.